The van der Waals surface area contributed by atoms with Crippen molar-refractivity contribution in [1.82, 2.24) is 15.6 Å². The third kappa shape index (κ3) is 4.77. The number of benzene rings is 1. The lowest BCUT2D eigenvalue weighted by molar-refractivity contribution is -0.139. The van der Waals surface area contributed by atoms with Crippen LogP contribution in [0.15, 0.2) is 29.2 Å². The molecular formula is C15H21N3O4S. The summed E-state index contributed by atoms with van der Waals surface area (Å²) in [6, 6.07) is 6.45. The number of sulfonamides is 1. The van der Waals surface area contributed by atoms with E-state index in [0.717, 1.165) is 24.8 Å². The molecule has 0 aromatic heterocycles. The van der Waals surface area contributed by atoms with Crippen molar-refractivity contribution in [1.29, 1.82) is 0 Å². The molecule has 1 aliphatic carbocycles. The molecule has 0 spiro atoms. The largest absolute Gasteiger partial charge is 0.345 e. The van der Waals surface area contributed by atoms with Gasteiger partial charge in [-0.15, -0.1) is 4.83 Å². The zero-order chi connectivity index (χ0) is 17.0. The summed E-state index contributed by atoms with van der Waals surface area (Å²) in [5.41, 5.74) is 2.95. The third-order valence-corrected chi connectivity index (χ3v) is 5.05. The average Bonchev–Trinajstić information content (AvgIpc) is 3.35. The zero-order valence-electron chi connectivity index (χ0n) is 13.1. The van der Waals surface area contributed by atoms with E-state index in [9.17, 15) is 18.0 Å². The lowest BCUT2D eigenvalue weighted by Gasteiger charge is -2.11. The molecule has 0 bridgehead atoms. The molecule has 0 saturated heterocycles. The highest BCUT2D eigenvalue weighted by molar-refractivity contribution is 7.89. The minimum atomic E-state index is -3.91. The van der Waals surface area contributed by atoms with Gasteiger partial charge in [-0.3, -0.25) is 15.0 Å². The number of rotatable bonds is 6. The monoisotopic (exact) mass is 339 g/mol. The third-order valence-electron chi connectivity index (χ3n) is 3.79. The Bertz CT molecular complexity index is 681. The summed E-state index contributed by atoms with van der Waals surface area (Å²) < 4.78 is 24.2. The van der Waals surface area contributed by atoms with E-state index < -0.39 is 21.8 Å². The molecule has 3 N–H and O–H groups in total. The van der Waals surface area contributed by atoms with Gasteiger partial charge in [-0.25, -0.2) is 8.42 Å². The van der Waals surface area contributed by atoms with Crippen LogP contribution >= 0.6 is 0 Å². The van der Waals surface area contributed by atoms with Crippen LogP contribution in [0.3, 0.4) is 0 Å². The van der Waals surface area contributed by atoms with Crippen molar-refractivity contribution >= 4 is 21.8 Å². The van der Waals surface area contributed by atoms with Crippen molar-refractivity contribution in [2.45, 2.75) is 50.0 Å². The van der Waals surface area contributed by atoms with Gasteiger partial charge in [0.25, 0.3) is 10.0 Å². The van der Waals surface area contributed by atoms with E-state index in [2.05, 4.69) is 19.2 Å². The molecular weight excluding hydrogens is 318 g/mol. The fourth-order valence-corrected chi connectivity index (χ4v) is 2.76. The topological polar surface area (TPSA) is 104 Å². The first kappa shape index (κ1) is 17.4. The summed E-state index contributed by atoms with van der Waals surface area (Å²) in [4.78, 5) is 24.9. The Kier molecular flexibility index (Phi) is 5.38. The second kappa shape index (κ2) is 7.10. The molecule has 126 valence electrons. The number of hydrazine groups is 1. The number of nitrogens with one attached hydrogen (secondary N) is 3. The van der Waals surface area contributed by atoms with Crippen molar-refractivity contribution in [3.05, 3.63) is 29.8 Å². The summed E-state index contributed by atoms with van der Waals surface area (Å²) in [5, 5.41) is 2.47. The van der Waals surface area contributed by atoms with Gasteiger partial charge >= 0.3 is 11.8 Å². The van der Waals surface area contributed by atoms with Crippen molar-refractivity contribution in [2.75, 3.05) is 0 Å². The van der Waals surface area contributed by atoms with Gasteiger partial charge in [-0.2, -0.15) is 0 Å². The standard InChI is InChI=1S/C15H21N3O4S/c1-3-10(2)11-4-8-13(9-5-11)23(21,22)18-17-15(20)14(19)16-12-6-7-12/h4-5,8-10,12,18H,3,6-7H2,1-2H3,(H,16,19)(H,17,20)/t10-/m0/s1. The van der Waals surface area contributed by atoms with Crippen molar-refractivity contribution in [3.8, 4) is 0 Å². The number of amides is 2. The van der Waals surface area contributed by atoms with E-state index in [1.165, 1.54) is 12.1 Å². The van der Waals surface area contributed by atoms with Crippen LogP contribution in [-0.4, -0.2) is 26.3 Å². The maximum Gasteiger partial charge on any atom is 0.324 e. The first-order valence-electron chi connectivity index (χ1n) is 7.56. The SMILES string of the molecule is CC[C@H](C)c1ccc(S(=O)(=O)NNC(=O)C(=O)NC2CC2)cc1. The molecule has 1 fully saturated rings. The Morgan fingerprint density at radius 3 is 2.30 bits per heavy atom. The summed E-state index contributed by atoms with van der Waals surface area (Å²) in [5.74, 6) is -1.54. The average molecular weight is 339 g/mol. The highest BCUT2D eigenvalue weighted by Gasteiger charge is 2.27. The highest BCUT2D eigenvalue weighted by Crippen LogP contribution is 2.20. The fraction of sp³-hybridized carbons (Fsp3) is 0.467. The lowest BCUT2D eigenvalue weighted by atomic mass is 9.99. The Hall–Kier alpha value is -1.93. The van der Waals surface area contributed by atoms with Gasteiger partial charge in [0.15, 0.2) is 0 Å². The zero-order valence-corrected chi connectivity index (χ0v) is 13.9. The second-order valence-electron chi connectivity index (χ2n) is 5.69. The number of carbonyl (C=O) groups is 2. The Labute approximate surface area is 135 Å². The molecule has 1 aromatic carbocycles. The van der Waals surface area contributed by atoms with E-state index in [0.29, 0.717) is 5.92 Å². The molecule has 0 aliphatic heterocycles. The smallest absolute Gasteiger partial charge is 0.324 e. The molecule has 1 aliphatic rings. The van der Waals surface area contributed by atoms with Gasteiger partial charge in [0, 0.05) is 6.04 Å². The Balaban J connectivity index is 1.95. The quantitative estimate of drug-likeness (QED) is 0.526. The highest BCUT2D eigenvalue weighted by atomic mass is 32.2. The molecule has 1 atom stereocenters. The number of hydrogen-bond acceptors (Lipinski definition) is 4. The predicted molar refractivity (Wildman–Crippen MR) is 84.8 cm³/mol. The predicted octanol–water partition coefficient (Wildman–Crippen LogP) is 0.788. The van der Waals surface area contributed by atoms with Gasteiger partial charge in [0.05, 0.1) is 4.90 Å². The number of carbonyl (C=O) groups excluding carboxylic acids is 2. The molecule has 23 heavy (non-hydrogen) atoms. The van der Waals surface area contributed by atoms with E-state index in [1.54, 1.807) is 12.1 Å². The van der Waals surface area contributed by atoms with Crippen LogP contribution in [0.1, 0.15) is 44.6 Å². The summed E-state index contributed by atoms with van der Waals surface area (Å²) in [6.07, 6.45) is 2.64. The molecule has 1 saturated carbocycles. The maximum atomic E-state index is 12.1. The van der Waals surface area contributed by atoms with Crippen LogP contribution in [0.4, 0.5) is 0 Å². The molecule has 7 nitrogen and oxygen atoms in total. The van der Waals surface area contributed by atoms with E-state index in [-0.39, 0.29) is 10.9 Å². The van der Waals surface area contributed by atoms with Crippen molar-refractivity contribution < 1.29 is 18.0 Å². The minimum absolute atomic E-state index is 0.0208. The maximum absolute atomic E-state index is 12.1. The van der Waals surface area contributed by atoms with Gasteiger partial charge in [0.2, 0.25) is 0 Å². The molecule has 0 radical (unpaired) electrons. The van der Waals surface area contributed by atoms with Crippen LogP contribution in [0.2, 0.25) is 0 Å². The molecule has 2 rings (SSSR count). The fourth-order valence-electron chi connectivity index (χ4n) is 1.92. The molecule has 0 heterocycles. The molecule has 2 amide bonds. The van der Waals surface area contributed by atoms with E-state index in [4.69, 9.17) is 0 Å². The molecule has 8 heteroatoms. The summed E-state index contributed by atoms with van der Waals surface area (Å²) in [6.45, 7) is 4.11. The summed E-state index contributed by atoms with van der Waals surface area (Å²) in [7, 11) is -3.91. The van der Waals surface area contributed by atoms with E-state index >= 15 is 0 Å². The normalized spacial score (nSPS) is 15.7. The number of hydrogen-bond donors (Lipinski definition) is 3. The van der Waals surface area contributed by atoms with Crippen molar-refractivity contribution in [2.24, 2.45) is 0 Å². The lowest BCUT2D eigenvalue weighted by Crippen LogP contribution is -2.48. The van der Waals surface area contributed by atoms with Crippen molar-refractivity contribution in [3.63, 3.8) is 0 Å². The van der Waals surface area contributed by atoms with Gasteiger partial charge < -0.3 is 5.32 Å². The first-order chi connectivity index (χ1) is 10.8. The first-order valence-corrected chi connectivity index (χ1v) is 9.04. The minimum Gasteiger partial charge on any atom is -0.345 e. The molecule has 0 unspecified atom stereocenters. The van der Waals surface area contributed by atoms with Gasteiger partial charge in [0.1, 0.15) is 0 Å². The Morgan fingerprint density at radius 2 is 1.78 bits per heavy atom. The Morgan fingerprint density at radius 1 is 1.17 bits per heavy atom. The van der Waals surface area contributed by atoms with Crippen LogP contribution < -0.4 is 15.6 Å². The van der Waals surface area contributed by atoms with Crippen LogP contribution in [-0.2, 0) is 19.6 Å². The summed E-state index contributed by atoms with van der Waals surface area (Å²) >= 11 is 0. The van der Waals surface area contributed by atoms with Crippen LogP contribution in [0.5, 0.6) is 0 Å². The second-order valence-corrected chi connectivity index (χ2v) is 7.37. The van der Waals surface area contributed by atoms with E-state index in [1.807, 2.05) is 10.3 Å². The molecule has 1 aromatic rings. The van der Waals surface area contributed by atoms with Gasteiger partial charge in [-0.1, -0.05) is 26.0 Å². The van der Waals surface area contributed by atoms with Crippen LogP contribution in [0.25, 0.3) is 0 Å². The van der Waals surface area contributed by atoms with Gasteiger partial charge in [-0.05, 0) is 42.9 Å². The van der Waals surface area contributed by atoms with Crippen LogP contribution in [0, 0.1) is 0 Å².